The van der Waals surface area contributed by atoms with E-state index in [1.54, 1.807) is 73.0 Å². The Kier molecular flexibility index (Phi) is 14.3. The zero-order valence-electron chi connectivity index (χ0n) is 24.8. The fourth-order valence-corrected chi connectivity index (χ4v) is 3.78. The molecule has 224 valence electrons. The molecule has 0 saturated heterocycles. The summed E-state index contributed by atoms with van der Waals surface area (Å²) in [7, 11) is 3.30. The number of hydrogen-bond donors (Lipinski definition) is 4. The summed E-state index contributed by atoms with van der Waals surface area (Å²) in [6, 6.07) is 5.85. The molecular formula is C29H46N4O7. The molecule has 0 saturated carbocycles. The molecule has 4 N–H and O–H groups in total. The van der Waals surface area contributed by atoms with Gasteiger partial charge in [0, 0.05) is 51.5 Å². The largest absolute Gasteiger partial charge is 0.444 e. The van der Waals surface area contributed by atoms with Crippen molar-refractivity contribution in [1.82, 2.24) is 15.5 Å². The molecule has 0 unspecified atom stereocenters. The molecule has 0 aliphatic carbocycles. The zero-order chi connectivity index (χ0) is 30.5. The molecule has 1 aromatic rings. The molecule has 0 aliphatic heterocycles. The van der Waals surface area contributed by atoms with Crippen molar-refractivity contribution in [2.24, 2.45) is 11.8 Å². The normalized spacial score (nSPS) is 12.7. The minimum absolute atomic E-state index is 0.0795. The smallest absolute Gasteiger partial charge is 0.407 e. The van der Waals surface area contributed by atoms with E-state index in [1.807, 2.05) is 0 Å². The van der Waals surface area contributed by atoms with Crippen molar-refractivity contribution < 1.29 is 33.8 Å². The highest BCUT2D eigenvalue weighted by Crippen LogP contribution is 2.18. The lowest BCUT2D eigenvalue weighted by Crippen LogP contribution is -2.45. The van der Waals surface area contributed by atoms with E-state index in [9.17, 15) is 29.1 Å². The van der Waals surface area contributed by atoms with Gasteiger partial charge in [0.15, 0.2) is 5.78 Å². The van der Waals surface area contributed by atoms with Gasteiger partial charge >= 0.3 is 6.09 Å². The van der Waals surface area contributed by atoms with Gasteiger partial charge in [-0.15, -0.1) is 0 Å². The van der Waals surface area contributed by atoms with Gasteiger partial charge in [0.1, 0.15) is 5.60 Å². The van der Waals surface area contributed by atoms with Crippen LogP contribution >= 0.6 is 0 Å². The molecule has 4 amide bonds. The van der Waals surface area contributed by atoms with Gasteiger partial charge in [-0.1, -0.05) is 26.0 Å². The van der Waals surface area contributed by atoms with E-state index in [0.717, 1.165) is 0 Å². The number of carbonyl (C=O) groups is 5. The minimum Gasteiger partial charge on any atom is -0.444 e. The highest BCUT2D eigenvalue weighted by molar-refractivity contribution is 5.97. The van der Waals surface area contributed by atoms with Crippen LogP contribution in [0.2, 0.25) is 0 Å². The fourth-order valence-electron chi connectivity index (χ4n) is 3.78. The number of ether oxygens (including phenoxy) is 1. The Morgan fingerprint density at radius 2 is 1.62 bits per heavy atom. The number of anilines is 1. The standard InChI is InChI=1S/C29H46N4O7/c1-19(2)26(32-24(36)9-8-10-25(37)33(6)7)23(35)17-21(15-16-30-28(39)40-29(3,4)5)27(38)31-22-13-11-20(18-34)12-14-22/h11-14,19,21,26,34H,8-10,15-18H2,1-7H3,(H,30,39)(H,31,38)(H,32,36)/t21-,26+/m1/s1. The van der Waals surface area contributed by atoms with Crippen molar-refractivity contribution in [1.29, 1.82) is 0 Å². The van der Waals surface area contributed by atoms with Crippen LogP contribution in [0.3, 0.4) is 0 Å². The number of amides is 4. The second-order valence-electron chi connectivity index (χ2n) is 11.4. The number of ketones is 1. The topological polar surface area (TPSA) is 154 Å². The fraction of sp³-hybridized carbons (Fsp3) is 0.621. The summed E-state index contributed by atoms with van der Waals surface area (Å²) in [6.07, 6.45) is 0.0718. The van der Waals surface area contributed by atoms with Crippen molar-refractivity contribution in [3.63, 3.8) is 0 Å². The van der Waals surface area contributed by atoms with Crippen LogP contribution in [0.5, 0.6) is 0 Å². The summed E-state index contributed by atoms with van der Waals surface area (Å²) in [5.41, 5.74) is 0.508. The van der Waals surface area contributed by atoms with E-state index in [4.69, 9.17) is 4.74 Å². The Bertz CT molecular complexity index is 1000. The van der Waals surface area contributed by atoms with Gasteiger partial charge in [0.25, 0.3) is 0 Å². The first-order chi connectivity index (χ1) is 18.6. The average Bonchev–Trinajstić information content (AvgIpc) is 2.85. The maximum absolute atomic E-state index is 13.3. The second kappa shape index (κ2) is 16.6. The van der Waals surface area contributed by atoms with Crippen LogP contribution in [0.25, 0.3) is 0 Å². The number of Topliss-reactive ketones (excluding diaryl/α,β-unsaturated/α-hetero) is 1. The minimum atomic E-state index is -0.810. The molecule has 0 fully saturated rings. The predicted molar refractivity (Wildman–Crippen MR) is 152 cm³/mol. The van der Waals surface area contributed by atoms with Gasteiger partial charge in [-0.25, -0.2) is 4.79 Å². The Morgan fingerprint density at radius 1 is 1.00 bits per heavy atom. The summed E-state index contributed by atoms with van der Waals surface area (Å²) in [6.45, 7) is 8.80. The van der Waals surface area contributed by atoms with Crippen LogP contribution in [-0.4, -0.2) is 71.9 Å². The molecule has 0 aliphatic rings. The Morgan fingerprint density at radius 3 is 2.15 bits per heavy atom. The quantitative estimate of drug-likeness (QED) is 0.256. The third-order valence-corrected chi connectivity index (χ3v) is 6.01. The first-order valence-electron chi connectivity index (χ1n) is 13.6. The second-order valence-corrected chi connectivity index (χ2v) is 11.4. The molecule has 0 spiro atoms. The number of carbonyl (C=O) groups excluding carboxylic acids is 5. The van der Waals surface area contributed by atoms with Crippen molar-refractivity contribution in [3.05, 3.63) is 29.8 Å². The third kappa shape index (κ3) is 13.5. The molecule has 0 radical (unpaired) electrons. The SMILES string of the molecule is CC(C)[C@H](NC(=O)CCCC(=O)N(C)C)C(=O)C[C@@H](CCNC(=O)OC(C)(C)C)C(=O)Nc1ccc(CO)cc1. The molecule has 0 aromatic heterocycles. The molecule has 1 rings (SSSR count). The molecule has 1 aromatic carbocycles. The lowest BCUT2D eigenvalue weighted by atomic mass is 9.90. The van der Waals surface area contributed by atoms with Crippen molar-refractivity contribution in [2.45, 2.75) is 85.0 Å². The highest BCUT2D eigenvalue weighted by Gasteiger charge is 2.30. The van der Waals surface area contributed by atoms with E-state index in [0.29, 0.717) is 17.7 Å². The van der Waals surface area contributed by atoms with Crippen LogP contribution in [0.4, 0.5) is 10.5 Å². The summed E-state index contributed by atoms with van der Waals surface area (Å²) in [4.78, 5) is 64.4. The third-order valence-electron chi connectivity index (χ3n) is 6.01. The first-order valence-corrected chi connectivity index (χ1v) is 13.6. The molecule has 40 heavy (non-hydrogen) atoms. The zero-order valence-corrected chi connectivity index (χ0v) is 24.8. The van der Waals surface area contributed by atoms with Crippen LogP contribution in [-0.2, 0) is 30.5 Å². The van der Waals surface area contributed by atoms with E-state index in [1.165, 1.54) is 4.90 Å². The van der Waals surface area contributed by atoms with Crippen molar-refractivity contribution in [3.8, 4) is 0 Å². The Balaban J connectivity index is 2.91. The number of nitrogens with zero attached hydrogens (tertiary/aromatic N) is 1. The van der Waals surface area contributed by atoms with E-state index < -0.39 is 29.6 Å². The maximum Gasteiger partial charge on any atom is 0.407 e. The van der Waals surface area contributed by atoms with Crippen LogP contribution < -0.4 is 16.0 Å². The van der Waals surface area contributed by atoms with Gasteiger partial charge in [-0.3, -0.25) is 19.2 Å². The number of rotatable bonds is 15. The first kappa shape index (κ1) is 34.6. The summed E-state index contributed by atoms with van der Waals surface area (Å²) in [5.74, 6) is -2.16. The van der Waals surface area contributed by atoms with Gasteiger partial charge in [0.2, 0.25) is 17.7 Å². The molecule has 0 bridgehead atoms. The van der Waals surface area contributed by atoms with Gasteiger partial charge in [-0.05, 0) is 57.2 Å². The number of nitrogens with one attached hydrogen (secondary N) is 3. The molecule has 11 nitrogen and oxygen atoms in total. The lowest BCUT2D eigenvalue weighted by Gasteiger charge is -2.24. The monoisotopic (exact) mass is 562 g/mol. The molecular weight excluding hydrogens is 516 g/mol. The number of aliphatic hydroxyl groups is 1. The molecule has 11 heteroatoms. The number of hydrogen-bond acceptors (Lipinski definition) is 7. The highest BCUT2D eigenvalue weighted by atomic mass is 16.6. The van der Waals surface area contributed by atoms with E-state index >= 15 is 0 Å². The van der Waals surface area contributed by atoms with Gasteiger partial charge in [0.05, 0.1) is 12.6 Å². The average molecular weight is 563 g/mol. The molecule has 0 heterocycles. The number of aliphatic hydroxyl groups excluding tert-OH is 1. The summed E-state index contributed by atoms with van der Waals surface area (Å²) >= 11 is 0. The summed E-state index contributed by atoms with van der Waals surface area (Å²) < 4.78 is 5.24. The maximum atomic E-state index is 13.3. The number of benzene rings is 1. The Hall–Kier alpha value is -3.47. The van der Waals surface area contributed by atoms with Crippen LogP contribution in [0.15, 0.2) is 24.3 Å². The van der Waals surface area contributed by atoms with E-state index in [2.05, 4.69) is 16.0 Å². The predicted octanol–water partition coefficient (Wildman–Crippen LogP) is 3.01. The van der Waals surface area contributed by atoms with Crippen molar-refractivity contribution >= 4 is 35.3 Å². The number of alkyl carbamates (subject to hydrolysis) is 1. The Labute approximate surface area is 237 Å². The summed E-state index contributed by atoms with van der Waals surface area (Å²) in [5, 5.41) is 17.4. The van der Waals surface area contributed by atoms with Crippen LogP contribution in [0, 0.1) is 11.8 Å². The van der Waals surface area contributed by atoms with Gasteiger partial charge in [-0.2, -0.15) is 0 Å². The van der Waals surface area contributed by atoms with E-state index in [-0.39, 0.29) is 62.4 Å². The van der Waals surface area contributed by atoms with Crippen molar-refractivity contribution in [2.75, 3.05) is 26.0 Å². The lowest BCUT2D eigenvalue weighted by molar-refractivity contribution is -0.131. The van der Waals surface area contributed by atoms with Gasteiger partial charge < -0.3 is 30.7 Å². The van der Waals surface area contributed by atoms with Crippen LogP contribution in [0.1, 0.15) is 72.3 Å². The molecule has 2 atom stereocenters.